The average Bonchev–Trinajstić information content (AvgIpc) is 3.03. The SMILES string of the molecule is C[C@H](Oc1ccc(Br)cc1)C(=O)Nc1cccc(N2CCCC2=O)c1. The fourth-order valence-corrected chi connectivity index (χ4v) is 2.95. The molecule has 0 spiro atoms. The van der Waals surface area contributed by atoms with Crippen LogP contribution in [0, 0.1) is 0 Å². The molecule has 1 saturated heterocycles. The maximum atomic E-state index is 12.4. The van der Waals surface area contributed by atoms with E-state index in [1.54, 1.807) is 30.0 Å². The molecule has 2 amide bonds. The summed E-state index contributed by atoms with van der Waals surface area (Å²) in [6.45, 7) is 2.42. The fourth-order valence-electron chi connectivity index (χ4n) is 2.69. The van der Waals surface area contributed by atoms with E-state index >= 15 is 0 Å². The first kappa shape index (κ1) is 17.5. The Bertz CT molecular complexity index is 776. The molecule has 2 aromatic rings. The Morgan fingerprint density at radius 1 is 1.24 bits per heavy atom. The van der Waals surface area contributed by atoms with Gasteiger partial charge in [-0.1, -0.05) is 22.0 Å². The Hall–Kier alpha value is -2.34. The quantitative estimate of drug-likeness (QED) is 0.822. The number of carbonyl (C=O) groups is 2. The Morgan fingerprint density at radius 3 is 2.68 bits per heavy atom. The second-order valence-electron chi connectivity index (χ2n) is 5.90. The zero-order chi connectivity index (χ0) is 17.8. The van der Waals surface area contributed by atoms with Gasteiger partial charge in [-0.3, -0.25) is 9.59 Å². The maximum absolute atomic E-state index is 12.4. The van der Waals surface area contributed by atoms with Crippen LogP contribution in [-0.2, 0) is 9.59 Å². The van der Waals surface area contributed by atoms with Crippen LogP contribution in [0.15, 0.2) is 53.0 Å². The Kier molecular flexibility index (Phi) is 5.38. The number of halogens is 1. The van der Waals surface area contributed by atoms with Gasteiger partial charge in [0.15, 0.2) is 6.10 Å². The number of hydrogen-bond donors (Lipinski definition) is 1. The molecule has 0 saturated carbocycles. The highest BCUT2D eigenvalue weighted by Gasteiger charge is 2.22. The van der Waals surface area contributed by atoms with Gasteiger partial charge in [0.25, 0.3) is 5.91 Å². The zero-order valence-electron chi connectivity index (χ0n) is 13.9. The first-order valence-electron chi connectivity index (χ1n) is 8.16. The lowest BCUT2D eigenvalue weighted by Gasteiger charge is -2.18. The molecule has 6 heteroatoms. The van der Waals surface area contributed by atoms with E-state index in [2.05, 4.69) is 21.2 Å². The smallest absolute Gasteiger partial charge is 0.265 e. The molecule has 130 valence electrons. The summed E-state index contributed by atoms with van der Waals surface area (Å²) in [5.74, 6) is 0.505. The van der Waals surface area contributed by atoms with Gasteiger partial charge in [0, 0.05) is 28.8 Å². The Balaban J connectivity index is 1.64. The van der Waals surface area contributed by atoms with Crippen molar-refractivity contribution < 1.29 is 14.3 Å². The third-order valence-corrected chi connectivity index (χ3v) is 4.52. The van der Waals surface area contributed by atoms with Gasteiger partial charge in [-0.25, -0.2) is 0 Å². The van der Waals surface area contributed by atoms with Gasteiger partial charge in [0.1, 0.15) is 5.75 Å². The second-order valence-corrected chi connectivity index (χ2v) is 6.82. The summed E-state index contributed by atoms with van der Waals surface area (Å²) in [5, 5.41) is 2.84. The molecule has 0 bridgehead atoms. The van der Waals surface area contributed by atoms with Crippen molar-refractivity contribution >= 4 is 39.1 Å². The van der Waals surface area contributed by atoms with Gasteiger partial charge in [-0.2, -0.15) is 0 Å². The van der Waals surface area contributed by atoms with E-state index in [1.165, 1.54) is 0 Å². The Labute approximate surface area is 155 Å². The molecule has 5 nitrogen and oxygen atoms in total. The van der Waals surface area contributed by atoms with Gasteiger partial charge in [0.05, 0.1) is 0 Å². The summed E-state index contributed by atoms with van der Waals surface area (Å²) in [6.07, 6.45) is 0.806. The van der Waals surface area contributed by atoms with Crippen LogP contribution in [0.1, 0.15) is 19.8 Å². The standard InChI is InChI=1S/C19H19BrN2O3/c1-13(25-17-9-7-14(20)8-10-17)19(24)21-15-4-2-5-16(12-15)22-11-3-6-18(22)23/h2,4-5,7-10,12-13H,3,6,11H2,1H3,(H,21,24)/t13-/m0/s1. The van der Waals surface area contributed by atoms with E-state index in [0.717, 1.165) is 23.1 Å². The highest BCUT2D eigenvalue weighted by molar-refractivity contribution is 9.10. The number of rotatable bonds is 5. The highest BCUT2D eigenvalue weighted by atomic mass is 79.9. The van der Waals surface area contributed by atoms with Crippen LogP contribution >= 0.6 is 15.9 Å². The molecular weight excluding hydrogens is 384 g/mol. The lowest BCUT2D eigenvalue weighted by molar-refractivity contribution is -0.122. The van der Waals surface area contributed by atoms with Crippen molar-refractivity contribution in [1.82, 2.24) is 0 Å². The lowest BCUT2D eigenvalue weighted by atomic mass is 10.2. The summed E-state index contributed by atoms with van der Waals surface area (Å²) < 4.78 is 6.60. The van der Waals surface area contributed by atoms with Crippen LogP contribution < -0.4 is 15.0 Å². The molecule has 1 N–H and O–H groups in total. The molecule has 1 atom stereocenters. The van der Waals surface area contributed by atoms with Gasteiger partial charge in [0.2, 0.25) is 5.91 Å². The molecule has 0 aromatic heterocycles. The van der Waals surface area contributed by atoms with Crippen molar-refractivity contribution in [3.63, 3.8) is 0 Å². The summed E-state index contributed by atoms with van der Waals surface area (Å²) in [6, 6.07) is 14.6. The highest BCUT2D eigenvalue weighted by Crippen LogP contribution is 2.24. The van der Waals surface area contributed by atoms with Crippen LogP contribution in [-0.4, -0.2) is 24.5 Å². The zero-order valence-corrected chi connectivity index (χ0v) is 15.5. The van der Waals surface area contributed by atoms with Crippen molar-refractivity contribution in [3.8, 4) is 5.75 Å². The fraction of sp³-hybridized carbons (Fsp3) is 0.263. The maximum Gasteiger partial charge on any atom is 0.265 e. The number of nitrogens with zero attached hydrogens (tertiary/aromatic N) is 1. The number of carbonyl (C=O) groups excluding carboxylic acids is 2. The number of benzene rings is 2. The molecule has 3 rings (SSSR count). The molecule has 0 aliphatic carbocycles. The van der Waals surface area contributed by atoms with Crippen LogP contribution in [0.5, 0.6) is 5.75 Å². The minimum atomic E-state index is -0.641. The summed E-state index contributed by atoms with van der Waals surface area (Å²) in [7, 11) is 0. The third-order valence-electron chi connectivity index (χ3n) is 3.99. The van der Waals surface area contributed by atoms with Crippen molar-refractivity contribution in [2.24, 2.45) is 0 Å². The van der Waals surface area contributed by atoms with E-state index in [4.69, 9.17) is 4.74 Å². The normalized spacial score (nSPS) is 15.1. The van der Waals surface area contributed by atoms with E-state index in [9.17, 15) is 9.59 Å². The van der Waals surface area contributed by atoms with Crippen LogP contribution in [0.25, 0.3) is 0 Å². The topological polar surface area (TPSA) is 58.6 Å². The van der Waals surface area contributed by atoms with Crippen molar-refractivity contribution in [2.45, 2.75) is 25.9 Å². The van der Waals surface area contributed by atoms with E-state index in [0.29, 0.717) is 17.9 Å². The number of anilines is 2. The van der Waals surface area contributed by atoms with Crippen molar-refractivity contribution in [1.29, 1.82) is 0 Å². The summed E-state index contributed by atoms with van der Waals surface area (Å²) in [5.41, 5.74) is 1.45. The number of ether oxygens (including phenoxy) is 1. The molecule has 1 fully saturated rings. The first-order chi connectivity index (χ1) is 12.0. The van der Waals surface area contributed by atoms with Crippen molar-refractivity contribution in [2.75, 3.05) is 16.8 Å². The third kappa shape index (κ3) is 4.39. The van der Waals surface area contributed by atoms with Crippen molar-refractivity contribution in [3.05, 3.63) is 53.0 Å². The monoisotopic (exact) mass is 402 g/mol. The van der Waals surface area contributed by atoms with Gasteiger partial charge in [-0.05, 0) is 55.8 Å². The molecule has 0 unspecified atom stereocenters. The average molecular weight is 403 g/mol. The van der Waals surface area contributed by atoms with E-state index in [1.807, 2.05) is 30.3 Å². The summed E-state index contributed by atoms with van der Waals surface area (Å²) >= 11 is 3.36. The molecule has 1 aliphatic rings. The second kappa shape index (κ2) is 7.70. The number of amides is 2. The van der Waals surface area contributed by atoms with Gasteiger partial charge < -0.3 is 15.0 Å². The number of nitrogens with one attached hydrogen (secondary N) is 1. The first-order valence-corrected chi connectivity index (χ1v) is 8.96. The Morgan fingerprint density at radius 2 is 2.00 bits per heavy atom. The molecule has 25 heavy (non-hydrogen) atoms. The van der Waals surface area contributed by atoms with Gasteiger partial charge in [-0.15, -0.1) is 0 Å². The van der Waals surface area contributed by atoms with Gasteiger partial charge >= 0.3 is 0 Å². The predicted molar refractivity (Wildman–Crippen MR) is 101 cm³/mol. The van der Waals surface area contributed by atoms with Crippen LogP contribution in [0.4, 0.5) is 11.4 Å². The molecule has 1 aliphatic heterocycles. The lowest BCUT2D eigenvalue weighted by Crippen LogP contribution is -2.30. The molecule has 1 heterocycles. The minimum Gasteiger partial charge on any atom is -0.481 e. The molecule has 2 aromatic carbocycles. The number of hydrogen-bond acceptors (Lipinski definition) is 3. The largest absolute Gasteiger partial charge is 0.481 e. The molecular formula is C19H19BrN2O3. The molecule has 0 radical (unpaired) electrons. The van der Waals surface area contributed by atoms with E-state index in [-0.39, 0.29) is 11.8 Å². The summed E-state index contributed by atoms with van der Waals surface area (Å²) in [4.78, 5) is 26.0. The van der Waals surface area contributed by atoms with Crippen LogP contribution in [0.3, 0.4) is 0 Å². The predicted octanol–water partition coefficient (Wildman–Crippen LogP) is 3.98. The van der Waals surface area contributed by atoms with Crippen LogP contribution in [0.2, 0.25) is 0 Å². The minimum absolute atomic E-state index is 0.121. The van der Waals surface area contributed by atoms with E-state index < -0.39 is 6.10 Å².